The molecule has 1 amide bonds. The predicted molar refractivity (Wildman–Crippen MR) is 149 cm³/mol. The Balaban J connectivity index is 1.36. The van der Waals surface area contributed by atoms with E-state index in [9.17, 15) is 13.2 Å². The number of carbonyl (C=O) groups is 1. The van der Waals surface area contributed by atoms with Gasteiger partial charge < -0.3 is 5.32 Å². The third-order valence-electron chi connectivity index (χ3n) is 5.85. The number of para-hydroxylation sites is 1. The zero-order chi connectivity index (χ0) is 25.4. The molecule has 36 heavy (non-hydrogen) atoms. The van der Waals surface area contributed by atoms with E-state index in [1.807, 2.05) is 45.0 Å². The van der Waals surface area contributed by atoms with Gasteiger partial charge in [-0.3, -0.25) is 9.52 Å². The highest BCUT2D eigenvalue weighted by molar-refractivity contribution is 7.92. The first-order valence-corrected chi connectivity index (χ1v) is 14.3. The van der Waals surface area contributed by atoms with Crippen LogP contribution in [0.3, 0.4) is 0 Å². The van der Waals surface area contributed by atoms with E-state index in [2.05, 4.69) is 10.0 Å². The summed E-state index contributed by atoms with van der Waals surface area (Å²) in [7, 11) is -3.72. The largest absolute Gasteiger partial charge is 0.313 e. The van der Waals surface area contributed by atoms with Crippen LogP contribution in [-0.2, 0) is 10.0 Å². The summed E-state index contributed by atoms with van der Waals surface area (Å²) in [6.07, 6.45) is 0. The van der Waals surface area contributed by atoms with Crippen LogP contribution in [0.1, 0.15) is 26.4 Å². The average molecular weight is 534 g/mol. The second-order valence-electron chi connectivity index (χ2n) is 8.42. The SMILES string of the molecule is Cc1ccc(S(=O)(=O)Nc2ccc(C(=O)Nc3sc(C)c(C)c3-c3nc4ccccc4s3)cc2)cc1. The maximum absolute atomic E-state index is 13.1. The lowest BCUT2D eigenvalue weighted by atomic mass is 10.1. The van der Waals surface area contributed by atoms with Crippen molar-refractivity contribution in [3.63, 3.8) is 0 Å². The molecular formula is C27H23N3O3S3. The van der Waals surface area contributed by atoms with Crippen LogP contribution in [0.2, 0.25) is 0 Å². The molecule has 0 atom stereocenters. The van der Waals surface area contributed by atoms with E-state index < -0.39 is 10.0 Å². The van der Waals surface area contributed by atoms with Crippen molar-refractivity contribution in [2.75, 3.05) is 10.0 Å². The monoisotopic (exact) mass is 533 g/mol. The number of thiazole rings is 1. The molecule has 0 bridgehead atoms. The summed E-state index contributed by atoms with van der Waals surface area (Å²) in [6, 6.07) is 21.0. The first-order valence-electron chi connectivity index (χ1n) is 11.2. The first-order chi connectivity index (χ1) is 17.2. The number of carbonyl (C=O) groups excluding carboxylic acids is 1. The fourth-order valence-electron chi connectivity index (χ4n) is 3.75. The molecule has 0 saturated heterocycles. The van der Waals surface area contributed by atoms with E-state index in [-0.39, 0.29) is 10.8 Å². The van der Waals surface area contributed by atoms with E-state index in [0.717, 1.165) is 41.8 Å². The van der Waals surface area contributed by atoms with Crippen LogP contribution in [-0.4, -0.2) is 19.3 Å². The molecule has 2 N–H and O–H groups in total. The Morgan fingerprint density at radius 3 is 2.25 bits per heavy atom. The Labute approximate surface area is 217 Å². The zero-order valence-corrected chi connectivity index (χ0v) is 22.3. The fourth-order valence-corrected chi connectivity index (χ4v) is 7.00. The van der Waals surface area contributed by atoms with Gasteiger partial charge in [-0.1, -0.05) is 29.8 Å². The van der Waals surface area contributed by atoms with E-state index in [1.54, 1.807) is 59.9 Å². The lowest BCUT2D eigenvalue weighted by Gasteiger charge is -2.10. The van der Waals surface area contributed by atoms with Gasteiger partial charge in [-0.05, 0) is 74.9 Å². The number of amides is 1. The quantitative estimate of drug-likeness (QED) is 0.246. The van der Waals surface area contributed by atoms with Crippen molar-refractivity contribution in [3.8, 4) is 10.6 Å². The Morgan fingerprint density at radius 2 is 1.56 bits per heavy atom. The lowest BCUT2D eigenvalue weighted by molar-refractivity contribution is 0.102. The van der Waals surface area contributed by atoms with Gasteiger partial charge in [0.05, 0.1) is 15.1 Å². The minimum atomic E-state index is -3.72. The van der Waals surface area contributed by atoms with Crippen molar-refractivity contribution in [1.29, 1.82) is 0 Å². The van der Waals surface area contributed by atoms with Gasteiger partial charge in [-0.15, -0.1) is 22.7 Å². The number of nitrogens with zero attached hydrogens (tertiary/aromatic N) is 1. The maximum atomic E-state index is 13.1. The summed E-state index contributed by atoms with van der Waals surface area (Å²) in [5.74, 6) is -0.272. The van der Waals surface area contributed by atoms with Crippen molar-refractivity contribution in [1.82, 2.24) is 4.98 Å². The number of rotatable bonds is 6. The molecule has 0 radical (unpaired) electrons. The third-order valence-corrected chi connectivity index (χ3v) is 9.42. The van der Waals surface area contributed by atoms with Crippen molar-refractivity contribution in [3.05, 3.63) is 94.4 Å². The number of benzene rings is 3. The molecular weight excluding hydrogens is 511 g/mol. The van der Waals surface area contributed by atoms with Crippen molar-refractivity contribution in [2.45, 2.75) is 25.7 Å². The molecule has 3 aromatic carbocycles. The zero-order valence-electron chi connectivity index (χ0n) is 19.8. The standard InChI is InChI=1S/C27H23N3O3S3/c1-16-8-14-21(15-9-16)36(32,33)30-20-12-10-19(11-13-20)25(31)29-27-24(17(2)18(3)34-27)26-28-22-6-4-5-7-23(22)35-26/h4-15,30H,1-3H3,(H,29,31). The van der Waals surface area contributed by atoms with Gasteiger partial charge in [0.25, 0.3) is 15.9 Å². The molecule has 182 valence electrons. The summed E-state index contributed by atoms with van der Waals surface area (Å²) in [4.78, 5) is 19.2. The summed E-state index contributed by atoms with van der Waals surface area (Å²) in [6.45, 7) is 5.97. The van der Waals surface area contributed by atoms with Gasteiger partial charge in [0.15, 0.2) is 0 Å². The van der Waals surface area contributed by atoms with Gasteiger partial charge in [-0.25, -0.2) is 13.4 Å². The van der Waals surface area contributed by atoms with Gasteiger partial charge in [0.1, 0.15) is 10.0 Å². The molecule has 2 aromatic heterocycles. The Hall–Kier alpha value is -3.53. The molecule has 5 aromatic rings. The average Bonchev–Trinajstić information content (AvgIpc) is 3.39. The number of hydrogen-bond acceptors (Lipinski definition) is 6. The molecule has 0 aliphatic rings. The molecule has 2 heterocycles. The van der Waals surface area contributed by atoms with Crippen LogP contribution in [0.4, 0.5) is 10.7 Å². The van der Waals surface area contributed by atoms with Gasteiger partial charge in [0, 0.05) is 21.7 Å². The highest BCUT2D eigenvalue weighted by Gasteiger charge is 2.20. The normalized spacial score (nSPS) is 11.5. The molecule has 5 rings (SSSR count). The highest BCUT2D eigenvalue weighted by atomic mass is 32.2. The predicted octanol–water partition coefficient (Wildman–Crippen LogP) is 7.00. The molecule has 9 heteroatoms. The van der Waals surface area contributed by atoms with Crippen molar-refractivity contribution >= 4 is 59.5 Å². The summed E-state index contributed by atoms with van der Waals surface area (Å²) in [5.41, 5.74) is 4.75. The summed E-state index contributed by atoms with van der Waals surface area (Å²) < 4.78 is 29.0. The molecule has 0 spiro atoms. The minimum Gasteiger partial charge on any atom is -0.313 e. The minimum absolute atomic E-state index is 0.181. The number of fused-ring (bicyclic) bond motifs is 1. The van der Waals surface area contributed by atoms with Gasteiger partial charge in [0.2, 0.25) is 0 Å². The molecule has 0 saturated carbocycles. The molecule has 0 aliphatic carbocycles. The number of nitrogens with one attached hydrogen (secondary N) is 2. The van der Waals surface area contributed by atoms with E-state index >= 15 is 0 Å². The van der Waals surface area contributed by atoms with Crippen LogP contribution < -0.4 is 10.0 Å². The van der Waals surface area contributed by atoms with Crippen LogP contribution in [0.15, 0.2) is 77.7 Å². The first kappa shape index (κ1) is 24.2. The fraction of sp³-hybridized carbons (Fsp3) is 0.111. The van der Waals surface area contributed by atoms with Crippen LogP contribution >= 0.6 is 22.7 Å². The Morgan fingerprint density at radius 1 is 0.861 bits per heavy atom. The van der Waals surface area contributed by atoms with Crippen molar-refractivity contribution < 1.29 is 13.2 Å². The molecule has 0 aliphatic heterocycles. The number of sulfonamides is 1. The smallest absolute Gasteiger partial charge is 0.261 e. The molecule has 6 nitrogen and oxygen atoms in total. The Bertz CT molecular complexity index is 1650. The van der Waals surface area contributed by atoms with Crippen LogP contribution in [0.5, 0.6) is 0 Å². The summed E-state index contributed by atoms with van der Waals surface area (Å²) >= 11 is 3.12. The second kappa shape index (κ2) is 9.50. The highest BCUT2D eigenvalue weighted by Crippen LogP contribution is 2.43. The molecule has 0 fully saturated rings. The molecule has 0 unspecified atom stereocenters. The van der Waals surface area contributed by atoms with Crippen molar-refractivity contribution in [2.24, 2.45) is 0 Å². The second-order valence-corrected chi connectivity index (χ2v) is 12.4. The van der Waals surface area contributed by atoms with Crippen LogP contribution in [0, 0.1) is 20.8 Å². The summed E-state index contributed by atoms with van der Waals surface area (Å²) in [5, 5.41) is 4.66. The van der Waals surface area contributed by atoms with E-state index in [4.69, 9.17) is 4.98 Å². The van der Waals surface area contributed by atoms with E-state index in [0.29, 0.717) is 11.3 Å². The number of aryl methyl sites for hydroxylation is 2. The number of anilines is 2. The maximum Gasteiger partial charge on any atom is 0.261 e. The number of thiophene rings is 1. The third kappa shape index (κ3) is 4.77. The van der Waals surface area contributed by atoms with E-state index in [1.165, 1.54) is 11.3 Å². The van der Waals surface area contributed by atoms with Gasteiger partial charge >= 0.3 is 0 Å². The number of hydrogen-bond donors (Lipinski definition) is 2. The number of aromatic nitrogens is 1. The topological polar surface area (TPSA) is 88.2 Å². The Kier molecular flexibility index (Phi) is 6.38. The lowest BCUT2D eigenvalue weighted by Crippen LogP contribution is -2.14. The van der Waals surface area contributed by atoms with Crippen LogP contribution in [0.25, 0.3) is 20.8 Å². The van der Waals surface area contributed by atoms with Gasteiger partial charge in [-0.2, -0.15) is 0 Å².